The van der Waals surface area contributed by atoms with E-state index in [1.165, 1.54) is 0 Å². The van der Waals surface area contributed by atoms with Crippen LogP contribution in [0.2, 0.25) is 0 Å². The fourth-order valence-electron chi connectivity index (χ4n) is 4.45. The number of nitrogens with one attached hydrogen (secondary N) is 1. The number of terminal acetylenes is 1. The largest absolute Gasteiger partial charge is 0.480 e. The molecule has 4 rings (SSSR count). The average Bonchev–Trinajstić information content (AvgIpc) is 3.60. The average molecular weight is 447 g/mol. The summed E-state index contributed by atoms with van der Waals surface area (Å²) in [5.74, 6) is 0.903. The van der Waals surface area contributed by atoms with Gasteiger partial charge < -0.3 is 20.1 Å². The molecule has 1 saturated carbocycles. The zero-order valence-corrected chi connectivity index (χ0v) is 18.2. The Morgan fingerprint density at radius 2 is 1.70 bits per heavy atom. The van der Waals surface area contributed by atoms with E-state index in [1.807, 2.05) is 24.3 Å². The number of carbonyl (C=O) groups excluding carboxylic acids is 2. The Morgan fingerprint density at radius 1 is 1.09 bits per heavy atom. The second-order valence-electron chi connectivity index (χ2n) is 8.47. The van der Waals surface area contributed by atoms with E-state index in [9.17, 15) is 14.4 Å². The van der Waals surface area contributed by atoms with E-state index >= 15 is 0 Å². The van der Waals surface area contributed by atoms with Crippen LogP contribution < -0.4 is 5.32 Å². The summed E-state index contributed by atoms with van der Waals surface area (Å²) < 4.78 is 5.60. The summed E-state index contributed by atoms with van der Waals surface area (Å²) in [6.07, 6.45) is 6.47. The van der Waals surface area contributed by atoms with Crippen molar-refractivity contribution in [1.82, 2.24) is 10.2 Å². The second-order valence-corrected chi connectivity index (χ2v) is 8.47. The van der Waals surface area contributed by atoms with Gasteiger partial charge in [-0.3, -0.25) is 9.59 Å². The summed E-state index contributed by atoms with van der Waals surface area (Å²) >= 11 is 0. The van der Waals surface area contributed by atoms with Gasteiger partial charge in [0.2, 0.25) is 5.91 Å². The van der Waals surface area contributed by atoms with E-state index in [4.69, 9.17) is 16.3 Å². The number of benzene rings is 2. The summed E-state index contributed by atoms with van der Waals surface area (Å²) in [6.45, 7) is -0.369. The number of fused-ring (bicyclic) bond motifs is 3. The fourth-order valence-corrected chi connectivity index (χ4v) is 4.45. The second kappa shape index (κ2) is 9.78. The first-order valence-electron chi connectivity index (χ1n) is 11.0. The SMILES string of the molecule is C#CCN(CC(=O)O)C(=O)CC(NC(=O)OCC1c2ccccc2-c2ccccc21)C1CC1. The van der Waals surface area contributed by atoms with Crippen LogP contribution in [0, 0.1) is 18.3 Å². The van der Waals surface area contributed by atoms with Crippen molar-refractivity contribution in [3.05, 3.63) is 59.7 Å². The summed E-state index contributed by atoms with van der Waals surface area (Å²) in [4.78, 5) is 37.4. The molecule has 2 N–H and O–H groups in total. The normalized spacial score (nSPS) is 15.0. The van der Waals surface area contributed by atoms with Crippen molar-refractivity contribution in [3.8, 4) is 23.5 Å². The van der Waals surface area contributed by atoms with Gasteiger partial charge in [-0.2, -0.15) is 0 Å². The quantitative estimate of drug-likeness (QED) is 0.577. The Kier molecular flexibility index (Phi) is 6.64. The van der Waals surface area contributed by atoms with Crippen molar-refractivity contribution in [2.75, 3.05) is 19.7 Å². The van der Waals surface area contributed by atoms with Crippen LogP contribution >= 0.6 is 0 Å². The van der Waals surface area contributed by atoms with Crippen LogP contribution in [-0.4, -0.2) is 53.7 Å². The Labute approximate surface area is 192 Å². The number of carboxylic acid groups (broad SMARTS) is 1. The minimum absolute atomic E-state index is 0.0101. The van der Waals surface area contributed by atoms with E-state index in [2.05, 4.69) is 35.5 Å². The van der Waals surface area contributed by atoms with Gasteiger partial charge in [0.25, 0.3) is 0 Å². The molecule has 0 saturated heterocycles. The molecule has 2 aliphatic carbocycles. The van der Waals surface area contributed by atoms with Crippen molar-refractivity contribution < 1.29 is 24.2 Å². The number of rotatable bonds is 9. The molecule has 0 radical (unpaired) electrons. The maximum Gasteiger partial charge on any atom is 0.407 e. The predicted octanol–water partition coefficient (Wildman–Crippen LogP) is 3.24. The van der Waals surface area contributed by atoms with Crippen molar-refractivity contribution in [2.24, 2.45) is 5.92 Å². The van der Waals surface area contributed by atoms with E-state index in [1.54, 1.807) is 0 Å². The smallest absolute Gasteiger partial charge is 0.407 e. The summed E-state index contributed by atoms with van der Waals surface area (Å²) in [6, 6.07) is 15.8. The number of hydrogen-bond acceptors (Lipinski definition) is 4. The molecule has 1 atom stereocenters. The lowest BCUT2D eigenvalue weighted by Gasteiger charge is -2.23. The van der Waals surface area contributed by atoms with Crippen LogP contribution in [0.5, 0.6) is 0 Å². The van der Waals surface area contributed by atoms with Crippen LogP contribution in [0.3, 0.4) is 0 Å². The first-order valence-corrected chi connectivity index (χ1v) is 11.0. The highest BCUT2D eigenvalue weighted by molar-refractivity contribution is 5.83. The highest BCUT2D eigenvalue weighted by Crippen LogP contribution is 2.44. The van der Waals surface area contributed by atoms with Crippen LogP contribution in [0.4, 0.5) is 4.79 Å². The molecule has 7 heteroatoms. The van der Waals surface area contributed by atoms with Gasteiger partial charge >= 0.3 is 12.1 Å². The molecule has 2 aromatic carbocycles. The van der Waals surface area contributed by atoms with Gasteiger partial charge in [-0.15, -0.1) is 6.42 Å². The molecule has 0 spiro atoms. The molecular formula is C26H26N2O5. The molecule has 1 unspecified atom stereocenters. The van der Waals surface area contributed by atoms with Crippen LogP contribution in [0.25, 0.3) is 11.1 Å². The van der Waals surface area contributed by atoms with Crippen molar-refractivity contribution in [2.45, 2.75) is 31.2 Å². The van der Waals surface area contributed by atoms with Gasteiger partial charge in [-0.05, 0) is 41.0 Å². The topological polar surface area (TPSA) is 95.9 Å². The van der Waals surface area contributed by atoms with Crippen molar-refractivity contribution >= 4 is 18.0 Å². The molecule has 0 heterocycles. The Balaban J connectivity index is 1.38. The number of aliphatic carboxylic acids is 1. The Morgan fingerprint density at radius 3 is 2.24 bits per heavy atom. The number of alkyl carbamates (subject to hydrolysis) is 1. The fraction of sp³-hybridized carbons (Fsp3) is 0.346. The molecule has 0 aliphatic heterocycles. The molecule has 0 aromatic heterocycles. The molecule has 7 nitrogen and oxygen atoms in total. The summed E-state index contributed by atoms with van der Waals surface area (Å²) in [5, 5.41) is 11.8. The van der Waals surface area contributed by atoms with Gasteiger partial charge in [0.05, 0.1) is 6.54 Å². The number of carbonyl (C=O) groups is 3. The molecule has 33 heavy (non-hydrogen) atoms. The third-order valence-electron chi connectivity index (χ3n) is 6.19. The van der Waals surface area contributed by atoms with Crippen molar-refractivity contribution in [3.63, 3.8) is 0 Å². The third-order valence-corrected chi connectivity index (χ3v) is 6.19. The zero-order chi connectivity index (χ0) is 23.4. The van der Waals surface area contributed by atoms with Gasteiger partial charge in [0, 0.05) is 18.4 Å². The van der Waals surface area contributed by atoms with Gasteiger partial charge in [0.15, 0.2) is 0 Å². The highest BCUT2D eigenvalue weighted by atomic mass is 16.5. The van der Waals surface area contributed by atoms with Crippen molar-refractivity contribution in [1.29, 1.82) is 0 Å². The van der Waals surface area contributed by atoms with E-state index in [0.29, 0.717) is 0 Å². The standard InChI is InChI=1S/C26H26N2O5/c1-2-13-28(15-25(30)31)24(29)14-23(17-11-12-17)27-26(32)33-16-22-20-9-5-3-7-18(20)19-8-4-6-10-21(19)22/h1,3-10,17,22-23H,11-16H2,(H,27,32)(H,30,31). The lowest BCUT2D eigenvalue weighted by Crippen LogP contribution is -2.43. The molecule has 0 bridgehead atoms. The minimum Gasteiger partial charge on any atom is -0.480 e. The Hall–Kier alpha value is -3.79. The van der Waals surface area contributed by atoms with Crippen LogP contribution in [0.15, 0.2) is 48.5 Å². The highest BCUT2D eigenvalue weighted by Gasteiger charge is 2.36. The first kappa shape index (κ1) is 22.4. The molecule has 170 valence electrons. The number of nitrogens with zero attached hydrogens (tertiary/aromatic N) is 1. The molecule has 2 aliphatic rings. The van der Waals surface area contributed by atoms with Gasteiger partial charge in [-0.1, -0.05) is 54.5 Å². The molecular weight excluding hydrogens is 420 g/mol. The summed E-state index contributed by atoms with van der Waals surface area (Å²) in [5.41, 5.74) is 4.55. The maximum atomic E-state index is 12.6. The monoisotopic (exact) mass is 446 g/mol. The zero-order valence-electron chi connectivity index (χ0n) is 18.2. The third kappa shape index (κ3) is 5.17. The van der Waals surface area contributed by atoms with Crippen LogP contribution in [-0.2, 0) is 14.3 Å². The minimum atomic E-state index is -1.13. The molecule has 2 amide bonds. The van der Waals surface area contributed by atoms with E-state index in [0.717, 1.165) is 40.0 Å². The maximum absolute atomic E-state index is 12.6. The lowest BCUT2D eigenvalue weighted by atomic mass is 9.98. The molecule has 1 fully saturated rings. The summed E-state index contributed by atoms with van der Waals surface area (Å²) in [7, 11) is 0. The first-order chi connectivity index (χ1) is 16.0. The van der Waals surface area contributed by atoms with E-state index in [-0.39, 0.29) is 31.4 Å². The number of ether oxygens (including phenoxy) is 1. The lowest BCUT2D eigenvalue weighted by molar-refractivity contribution is -0.144. The van der Waals surface area contributed by atoms with E-state index < -0.39 is 30.6 Å². The van der Waals surface area contributed by atoms with Gasteiger partial charge in [-0.25, -0.2) is 4.79 Å². The number of amides is 2. The number of hydrogen-bond donors (Lipinski definition) is 2. The van der Waals surface area contributed by atoms with Crippen LogP contribution in [0.1, 0.15) is 36.3 Å². The predicted molar refractivity (Wildman–Crippen MR) is 122 cm³/mol. The van der Waals surface area contributed by atoms with Gasteiger partial charge in [0.1, 0.15) is 13.2 Å². The Bertz CT molecular complexity index is 1060. The number of carboxylic acids is 1. The molecule has 2 aromatic rings.